The van der Waals surface area contributed by atoms with Gasteiger partial charge in [-0.3, -0.25) is 0 Å². The van der Waals surface area contributed by atoms with Gasteiger partial charge >= 0.3 is 0 Å². The van der Waals surface area contributed by atoms with Gasteiger partial charge in [-0.2, -0.15) is 0 Å². The molecule has 1 heterocycles. The Bertz CT molecular complexity index is 798. The van der Waals surface area contributed by atoms with Crippen LogP contribution < -0.4 is 10.2 Å². The second kappa shape index (κ2) is 7.13. The number of rotatable bonds is 5. The van der Waals surface area contributed by atoms with Crippen molar-refractivity contribution < 1.29 is 0 Å². The van der Waals surface area contributed by atoms with Crippen molar-refractivity contribution in [2.45, 2.75) is 20.4 Å². The fourth-order valence-corrected chi connectivity index (χ4v) is 2.53. The summed E-state index contributed by atoms with van der Waals surface area (Å²) >= 11 is 0. The normalized spacial score (nSPS) is 10.5. The minimum absolute atomic E-state index is 0.752. The molecule has 0 radical (unpaired) electrons. The maximum Gasteiger partial charge on any atom is 0.136 e. The first-order chi connectivity index (χ1) is 11.6. The van der Waals surface area contributed by atoms with Crippen LogP contribution in [0, 0.1) is 13.8 Å². The average molecular weight is 318 g/mol. The molecule has 2 aromatic carbocycles. The summed E-state index contributed by atoms with van der Waals surface area (Å²) in [7, 11) is 2.05. The highest BCUT2D eigenvalue weighted by Crippen LogP contribution is 2.20. The molecule has 1 aromatic heterocycles. The van der Waals surface area contributed by atoms with Crippen LogP contribution in [0.1, 0.15) is 17.0 Å². The molecule has 4 nitrogen and oxygen atoms in total. The van der Waals surface area contributed by atoms with Crippen LogP contribution in [-0.4, -0.2) is 17.0 Å². The predicted octanol–water partition coefficient (Wildman–Crippen LogP) is 4.47. The molecule has 0 aliphatic rings. The molecule has 3 aromatic rings. The summed E-state index contributed by atoms with van der Waals surface area (Å²) in [6, 6.07) is 20.6. The number of hydrogen-bond acceptors (Lipinski definition) is 4. The van der Waals surface area contributed by atoms with E-state index in [0.717, 1.165) is 29.7 Å². The Morgan fingerprint density at radius 1 is 0.917 bits per heavy atom. The van der Waals surface area contributed by atoms with Gasteiger partial charge in [0.15, 0.2) is 0 Å². The van der Waals surface area contributed by atoms with Crippen LogP contribution in [-0.2, 0) is 6.54 Å². The Morgan fingerprint density at radius 2 is 1.62 bits per heavy atom. The molecule has 3 rings (SSSR count). The first kappa shape index (κ1) is 16.0. The van der Waals surface area contributed by atoms with Gasteiger partial charge in [-0.25, -0.2) is 9.97 Å². The third-order valence-electron chi connectivity index (χ3n) is 3.80. The fourth-order valence-electron chi connectivity index (χ4n) is 2.53. The van der Waals surface area contributed by atoms with Gasteiger partial charge in [0.25, 0.3) is 0 Å². The van der Waals surface area contributed by atoms with E-state index in [1.165, 1.54) is 11.1 Å². The minimum atomic E-state index is 0.752. The van der Waals surface area contributed by atoms with Gasteiger partial charge in [0.2, 0.25) is 0 Å². The summed E-state index contributed by atoms with van der Waals surface area (Å²) in [5.74, 6) is 2.46. The molecule has 0 bridgehead atoms. The zero-order valence-electron chi connectivity index (χ0n) is 14.3. The largest absolute Gasteiger partial charge is 0.355 e. The SMILES string of the molecule is Cc1ccc(Nc2cc(N(C)Cc3ccccc3)nc(C)n2)cc1. The van der Waals surface area contributed by atoms with Crippen LogP contribution >= 0.6 is 0 Å². The summed E-state index contributed by atoms with van der Waals surface area (Å²) < 4.78 is 0. The highest BCUT2D eigenvalue weighted by Gasteiger charge is 2.08. The molecular formula is C20H22N4. The first-order valence-electron chi connectivity index (χ1n) is 8.04. The molecule has 0 amide bonds. The summed E-state index contributed by atoms with van der Waals surface area (Å²) in [4.78, 5) is 11.2. The number of nitrogens with zero attached hydrogens (tertiary/aromatic N) is 3. The number of nitrogens with one attached hydrogen (secondary N) is 1. The summed E-state index contributed by atoms with van der Waals surface area (Å²) in [6.45, 7) is 4.80. The maximum absolute atomic E-state index is 4.56. The Morgan fingerprint density at radius 3 is 2.33 bits per heavy atom. The molecule has 122 valence electrons. The van der Waals surface area contributed by atoms with E-state index in [2.05, 4.69) is 75.6 Å². The lowest BCUT2D eigenvalue weighted by molar-refractivity contribution is 0.880. The Hall–Kier alpha value is -2.88. The first-order valence-corrected chi connectivity index (χ1v) is 8.04. The van der Waals surface area contributed by atoms with Gasteiger partial charge in [-0.15, -0.1) is 0 Å². The van der Waals surface area contributed by atoms with Crippen molar-refractivity contribution >= 4 is 17.3 Å². The number of aryl methyl sites for hydroxylation is 2. The number of hydrogen-bond donors (Lipinski definition) is 1. The van der Waals surface area contributed by atoms with Crippen molar-refractivity contribution in [1.29, 1.82) is 0 Å². The molecule has 0 atom stereocenters. The van der Waals surface area contributed by atoms with Crippen molar-refractivity contribution in [3.8, 4) is 0 Å². The highest BCUT2D eigenvalue weighted by atomic mass is 15.2. The average Bonchev–Trinajstić information content (AvgIpc) is 2.57. The zero-order valence-corrected chi connectivity index (χ0v) is 14.3. The molecule has 1 N–H and O–H groups in total. The second-order valence-corrected chi connectivity index (χ2v) is 5.99. The van der Waals surface area contributed by atoms with Crippen molar-refractivity contribution in [2.24, 2.45) is 0 Å². The lowest BCUT2D eigenvalue weighted by Crippen LogP contribution is -2.18. The van der Waals surface area contributed by atoms with E-state index in [1.54, 1.807) is 0 Å². The third-order valence-corrected chi connectivity index (χ3v) is 3.80. The van der Waals surface area contributed by atoms with E-state index < -0.39 is 0 Å². The zero-order chi connectivity index (χ0) is 16.9. The molecule has 4 heteroatoms. The molecular weight excluding hydrogens is 296 g/mol. The van der Waals surface area contributed by atoms with Crippen LogP contribution in [0.15, 0.2) is 60.7 Å². The standard InChI is InChI=1S/C20H22N4/c1-15-9-11-18(12-10-15)23-19-13-20(22-16(2)21-19)24(3)14-17-7-5-4-6-8-17/h4-13H,14H2,1-3H3,(H,21,22,23). The van der Waals surface area contributed by atoms with E-state index in [9.17, 15) is 0 Å². The van der Waals surface area contributed by atoms with Crippen molar-refractivity contribution in [1.82, 2.24) is 9.97 Å². The van der Waals surface area contributed by atoms with Gasteiger partial charge < -0.3 is 10.2 Å². The molecule has 0 saturated heterocycles. The summed E-state index contributed by atoms with van der Waals surface area (Å²) in [5, 5.41) is 3.35. The van der Waals surface area contributed by atoms with Crippen molar-refractivity contribution in [2.75, 3.05) is 17.3 Å². The molecule has 0 fully saturated rings. The van der Waals surface area contributed by atoms with E-state index in [-0.39, 0.29) is 0 Å². The summed E-state index contributed by atoms with van der Waals surface area (Å²) in [5.41, 5.74) is 3.52. The van der Waals surface area contributed by atoms with Gasteiger partial charge in [0.1, 0.15) is 17.5 Å². The van der Waals surface area contributed by atoms with Gasteiger partial charge in [0, 0.05) is 25.3 Å². The van der Waals surface area contributed by atoms with Crippen molar-refractivity contribution in [3.63, 3.8) is 0 Å². The second-order valence-electron chi connectivity index (χ2n) is 5.99. The number of aromatic nitrogens is 2. The molecule has 0 spiro atoms. The fraction of sp³-hybridized carbons (Fsp3) is 0.200. The highest BCUT2D eigenvalue weighted by molar-refractivity contribution is 5.59. The van der Waals surface area contributed by atoms with E-state index in [0.29, 0.717) is 0 Å². The van der Waals surface area contributed by atoms with Crippen LogP contribution in [0.5, 0.6) is 0 Å². The Kier molecular flexibility index (Phi) is 4.75. The third kappa shape index (κ3) is 4.10. The molecule has 0 aliphatic carbocycles. The van der Waals surface area contributed by atoms with E-state index in [1.807, 2.05) is 26.1 Å². The number of anilines is 3. The predicted molar refractivity (Wildman–Crippen MR) is 99.8 cm³/mol. The topological polar surface area (TPSA) is 41.0 Å². The maximum atomic E-state index is 4.56. The van der Waals surface area contributed by atoms with Gasteiger partial charge in [0.05, 0.1) is 0 Å². The monoisotopic (exact) mass is 318 g/mol. The van der Waals surface area contributed by atoms with E-state index in [4.69, 9.17) is 0 Å². The number of benzene rings is 2. The molecule has 0 saturated carbocycles. The van der Waals surface area contributed by atoms with Gasteiger partial charge in [-0.1, -0.05) is 48.0 Å². The molecule has 0 aliphatic heterocycles. The van der Waals surface area contributed by atoms with Crippen LogP contribution in [0.25, 0.3) is 0 Å². The van der Waals surface area contributed by atoms with Crippen LogP contribution in [0.2, 0.25) is 0 Å². The lowest BCUT2D eigenvalue weighted by Gasteiger charge is -2.19. The van der Waals surface area contributed by atoms with Crippen LogP contribution in [0.3, 0.4) is 0 Å². The molecule has 0 unspecified atom stereocenters. The Balaban J connectivity index is 1.79. The van der Waals surface area contributed by atoms with Crippen LogP contribution in [0.4, 0.5) is 17.3 Å². The van der Waals surface area contributed by atoms with Crippen molar-refractivity contribution in [3.05, 3.63) is 77.6 Å². The molecule has 24 heavy (non-hydrogen) atoms. The van der Waals surface area contributed by atoms with E-state index >= 15 is 0 Å². The quantitative estimate of drug-likeness (QED) is 0.753. The smallest absolute Gasteiger partial charge is 0.136 e. The Labute approximate surface area is 143 Å². The lowest BCUT2D eigenvalue weighted by atomic mass is 10.2. The minimum Gasteiger partial charge on any atom is -0.355 e. The van der Waals surface area contributed by atoms with Gasteiger partial charge in [-0.05, 0) is 31.5 Å². The summed E-state index contributed by atoms with van der Waals surface area (Å²) in [6.07, 6.45) is 0.